The molecule has 2 aromatic carbocycles. The van der Waals surface area contributed by atoms with Crippen LogP contribution in [0.2, 0.25) is 0 Å². The molecule has 0 atom stereocenters. The molecule has 5 rings (SSSR count). The second-order valence-electron chi connectivity index (χ2n) is 7.34. The lowest BCUT2D eigenvalue weighted by Crippen LogP contribution is -2.29. The number of hydrogen-bond acceptors (Lipinski definition) is 6. The molecule has 0 saturated carbocycles. The Kier molecular flexibility index (Phi) is 5.41. The van der Waals surface area contributed by atoms with Crippen molar-refractivity contribution >= 4 is 43.6 Å². The van der Waals surface area contributed by atoms with Gasteiger partial charge in [-0.05, 0) is 55.3 Å². The summed E-state index contributed by atoms with van der Waals surface area (Å²) in [6.07, 6.45) is 2.54. The minimum Gasteiger partial charge on any atom is -0.490 e. The second-order valence-corrected chi connectivity index (χ2v) is 8.35. The molecule has 1 amide bonds. The fraction of sp³-hybridized carbons (Fsp3) is 0.200. The highest BCUT2D eigenvalue weighted by molar-refractivity contribution is 7.22. The van der Waals surface area contributed by atoms with Gasteiger partial charge in [-0.15, -0.1) is 0 Å². The number of hydrogen-bond donors (Lipinski definition) is 0. The Morgan fingerprint density at radius 3 is 2.81 bits per heavy atom. The van der Waals surface area contributed by atoms with E-state index >= 15 is 0 Å². The van der Waals surface area contributed by atoms with Gasteiger partial charge in [-0.1, -0.05) is 36.5 Å². The molecular formula is C25H22N2O4S. The lowest BCUT2D eigenvalue weighted by molar-refractivity contribution is 0.0958. The van der Waals surface area contributed by atoms with Crippen molar-refractivity contribution in [1.29, 1.82) is 0 Å². The first-order valence-electron chi connectivity index (χ1n) is 10.5. The summed E-state index contributed by atoms with van der Waals surface area (Å²) in [6, 6.07) is 17.2. The average Bonchev–Trinajstić information content (AvgIpc) is 3.56. The van der Waals surface area contributed by atoms with Crippen molar-refractivity contribution in [3.8, 4) is 5.75 Å². The van der Waals surface area contributed by atoms with Gasteiger partial charge in [0, 0.05) is 5.39 Å². The van der Waals surface area contributed by atoms with Crippen molar-refractivity contribution in [3.63, 3.8) is 0 Å². The Morgan fingerprint density at radius 1 is 1.12 bits per heavy atom. The molecule has 0 fully saturated rings. The van der Waals surface area contributed by atoms with E-state index in [1.165, 1.54) is 16.9 Å². The molecule has 162 valence electrons. The summed E-state index contributed by atoms with van der Waals surface area (Å²) < 4.78 is 18.2. The molecule has 3 aromatic heterocycles. The smallest absolute Gasteiger partial charge is 0.296 e. The van der Waals surface area contributed by atoms with Gasteiger partial charge in [0.15, 0.2) is 22.2 Å². The van der Waals surface area contributed by atoms with E-state index in [-0.39, 0.29) is 18.2 Å². The Labute approximate surface area is 189 Å². The fourth-order valence-electron chi connectivity index (χ4n) is 3.62. The average molecular weight is 447 g/mol. The molecule has 0 N–H and O–H groups in total. The molecule has 0 aliphatic heterocycles. The Morgan fingerprint density at radius 2 is 2.03 bits per heavy atom. The van der Waals surface area contributed by atoms with Crippen molar-refractivity contribution in [2.24, 2.45) is 0 Å². The van der Waals surface area contributed by atoms with Crippen LogP contribution in [0.4, 0.5) is 5.13 Å². The van der Waals surface area contributed by atoms with E-state index in [2.05, 4.69) is 19.1 Å². The predicted molar refractivity (Wildman–Crippen MR) is 126 cm³/mol. The normalized spacial score (nSPS) is 11.3. The van der Waals surface area contributed by atoms with E-state index in [1.54, 1.807) is 23.3 Å². The topological polar surface area (TPSA) is 68.7 Å². The van der Waals surface area contributed by atoms with Gasteiger partial charge in [-0.3, -0.25) is 9.69 Å². The third kappa shape index (κ3) is 3.76. The quantitative estimate of drug-likeness (QED) is 0.288. The van der Waals surface area contributed by atoms with Gasteiger partial charge in [-0.2, -0.15) is 0 Å². The van der Waals surface area contributed by atoms with Crippen molar-refractivity contribution in [3.05, 3.63) is 77.9 Å². The van der Waals surface area contributed by atoms with Crippen molar-refractivity contribution in [2.45, 2.75) is 26.8 Å². The fourth-order valence-corrected chi connectivity index (χ4v) is 4.65. The Balaban J connectivity index is 1.57. The van der Waals surface area contributed by atoms with Crippen LogP contribution in [0.1, 0.15) is 35.7 Å². The highest BCUT2D eigenvalue weighted by Gasteiger charge is 2.26. The number of aryl methyl sites for hydroxylation is 1. The number of rotatable bonds is 7. The minimum atomic E-state index is -0.283. The molecule has 3 heterocycles. The summed E-state index contributed by atoms with van der Waals surface area (Å²) >= 11 is 1.48. The highest BCUT2D eigenvalue weighted by Crippen LogP contribution is 2.34. The van der Waals surface area contributed by atoms with Gasteiger partial charge in [-0.25, -0.2) is 4.98 Å². The number of anilines is 1. The minimum absolute atomic E-state index is 0.229. The van der Waals surface area contributed by atoms with Crippen LogP contribution in [-0.4, -0.2) is 17.5 Å². The molecule has 0 aliphatic rings. The zero-order valence-corrected chi connectivity index (χ0v) is 18.6. The van der Waals surface area contributed by atoms with E-state index in [9.17, 15) is 4.79 Å². The van der Waals surface area contributed by atoms with Crippen molar-refractivity contribution in [2.75, 3.05) is 11.5 Å². The zero-order valence-electron chi connectivity index (χ0n) is 17.8. The first-order valence-corrected chi connectivity index (χ1v) is 11.4. The highest BCUT2D eigenvalue weighted by atomic mass is 32.1. The number of carbonyl (C=O) groups excluding carboxylic acids is 1. The summed E-state index contributed by atoms with van der Waals surface area (Å²) in [5.41, 5.74) is 2.66. The number of aromatic nitrogens is 1. The standard InChI is InChI=1S/C25H22N2O4S/c1-3-16-10-11-19-22(13-16)32-25(26-19)27(15-18-8-6-12-30-18)24(28)21-14-17-7-5-9-20(29-4-2)23(17)31-21/h5-14H,3-4,15H2,1-2H3. The third-order valence-electron chi connectivity index (χ3n) is 5.24. The predicted octanol–water partition coefficient (Wildman–Crippen LogP) is 6.44. The summed E-state index contributed by atoms with van der Waals surface area (Å²) in [5.74, 6) is 1.23. The molecule has 0 unspecified atom stereocenters. The molecule has 0 bridgehead atoms. The molecule has 0 aliphatic carbocycles. The molecule has 0 spiro atoms. The largest absolute Gasteiger partial charge is 0.490 e. The lowest BCUT2D eigenvalue weighted by Gasteiger charge is -2.17. The molecular weight excluding hydrogens is 424 g/mol. The third-order valence-corrected chi connectivity index (χ3v) is 6.28. The lowest BCUT2D eigenvalue weighted by atomic mass is 10.2. The maximum atomic E-state index is 13.6. The summed E-state index contributed by atoms with van der Waals surface area (Å²) in [6.45, 7) is 4.80. The molecule has 0 radical (unpaired) electrons. The van der Waals surface area contributed by atoms with E-state index in [0.29, 0.717) is 28.8 Å². The van der Waals surface area contributed by atoms with Gasteiger partial charge in [0.2, 0.25) is 0 Å². The van der Waals surface area contributed by atoms with Gasteiger partial charge in [0.1, 0.15) is 5.76 Å². The van der Waals surface area contributed by atoms with E-state index in [0.717, 1.165) is 22.0 Å². The molecule has 7 heteroatoms. The zero-order chi connectivity index (χ0) is 22.1. The van der Waals surface area contributed by atoms with Crippen molar-refractivity contribution < 1.29 is 18.4 Å². The first kappa shape index (κ1) is 20.3. The van der Waals surface area contributed by atoms with Crippen LogP contribution in [0.15, 0.2) is 69.7 Å². The maximum Gasteiger partial charge on any atom is 0.296 e. The molecule has 32 heavy (non-hydrogen) atoms. The number of furan rings is 2. The molecule has 0 saturated heterocycles. The number of para-hydroxylation sites is 1. The van der Waals surface area contributed by atoms with Crippen LogP contribution in [0.3, 0.4) is 0 Å². The first-order chi connectivity index (χ1) is 15.7. The number of thiazole rings is 1. The van der Waals surface area contributed by atoms with Crippen LogP contribution in [0.5, 0.6) is 5.75 Å². The van der Waals surface area contributed by atoms with Crippen molar-refractivity contribution in [1.82, 2.24) is 4.98 Å². The van der Waals surface area contributed by atoms with Gasteiger partial charge in [0.25, 0.3) is 5.91 Å². The molecule has 6 nitrogen and oxygen atoms in total. The number of carbonyl (C=O) groups is 1. The van der Waals surface area contributed by atoms with Crippen LogP contribution < -0.4 is 9.64 Å². The van der Waals surface area contributed by atoms with Crippen LogP contribution in [0, 0.1) is 0 Å². The van der Waals surface area contributed by atoms with E-state index in [4.69, 9.17) is 18.6 Å². The summed E-state index contributed by atoms with van der Waals surface area (Å²) in [4.78, 5) is 20.0. The van der Waals surface area contributed by atoms with Gasteiger partial charge in [0.05, 0.1) is 29.6 Å². The number of amides is 1. The molecule has 5 aromatic rings. The number of fused-ring (bicyclic) bond motifs is 2. The van der Waals surface area contributed by atoms with Crippen LogP contribution >= 0.6 is 11.3 Å². The second kappa shape index (κ2) is 8.51. The Bertz CT molecular complexity index is 1380. The Hall–Kier alpha value is -3.58. The number of nitrogens with zero attached hydrogens (tertiary/aromatic N) is 2. The van der Waals surface area contributed by atoms with Crippen LogP contribution in [-0.2, 0) is 13.0 Å². The van der Waals surface area contributed by atoms with Gasteiger partial charge >= 0.3 is 0 Å². The monoisotopic (exact) mass is 446 g/mol. The summed E-state index contributed by atoms with van der Waals surface area (Å²) in [7, 11) is 0. The maximum absolute atomic E-state index is 13.6. The van der Waals surface area contributed by atoms with Crippen LogP contribution in [0.25, 0.3) is 21.2 Å². The summed E-state index contributed by atoms with van der Waals surface area (Å²) in [5, 5.41) is 1.41. The van der Waals surface area contributed by atoms with E-state index < -0.39 is 0 Å². The number of ether oxygens (including phenoxy) is 1. The van der Waals surface area contributed by atoms with Gasteiger partial charge < -0.3 is 13.6 Å². The number of benzene rings is 2. The van der Waals surface area contributed by atoms with E-state index in [1.807, 2.05) is 37.3 Å². The SMILES string of the molecule is CCOc1cccc2cc(C(=O)N(Cc3ccco3)c3nc4ccc(CC)cc4s3)oc12.